The van der Waals surface area contributed by atoms with E-state index in [1.807, 2.05) is 35.0 Å². The van der Waals surface area contributed by atoms with Crippen LogP contribution in [0.15, 0.2) is 84.0 Å². The Labute approximate surface area is 180 Å². The lowest BCUT2D eigenvalue weighted by Crippen LogP contribution is -2.14. The van der Waals surface area contributed by atoms with Crippen molar-refractivity contribution >= 4 is 27.1 Å². The third-order valence-electron chi connectivity index (χ3n) is 4.77. The van der Waals surface area contributed by atoms with E-state index in [1.165, 1.54) is 12.1 Å². The number of sulfone groups is 1. The first-order valence-electron chi connectivity index (χ1n) is 9.75. The molecule has 4 aromatic rings. The van der Waals surface area contributed by atoms with Gasteiger partial charge in [-0.25, -0.2) is 13.4 Å². The van der Waals surface area contributed by atoms with Crippen LogP contribution in [0.3, 0.4) is 0 Å². The molecule has 0 bridgehead atoms. The van der Waals surface area contributed by atoms with Crippen LogP contribution in [0.5, 0.6) is 5.75 Å². The van der Waals surface area contributed by atoms with Crippen LogP contribution in [0, 0.1) is 0 Å². The third kappa shape index (κ3) is 4.59. The van der Waals surface area contributed by atoms with Crippen molar-refractivity contribution in [3.05, 3.63) is 90.4 Å². The molecule has 158 valence electrons. The molecule has 0 radical (unpaired) electrons. The van der Waals surface area contributed by atoms with Gasteiger partial charge in [0, 0.05) is 18.1 Å². The summed E-state index contributed by atoms with van der Waals surface area (Å²) in [6.45, 7) is 1.81. The molecule has 0 fully saturated rings. The molecule has 0 saturated carbocycles. The molecule has 0 aliphatic carbocycles. The van der Waals surface area contributed by atoms with Gasteiger partial charge in [-0.05, 0) is 48.5 Å². The predicted molar refractivity (Wildman–Crippen MR) is 118 cm³/mol. The molecular weight excluding hydrogens is 414 g/mol. The van der Waals surface area contributed by atoms with Gasteiger partial charge in [-0.15, -0.1) is 0 Å². The Morgan fingerprint density at radius 3 is 2.52 bits per heavy atom. The number of hydrogen-bond donors (Lipinski definition) is 1. The van der Waals surface area contributed by atoms with Gasteiger partial charge in [0.2, 0.25) is 0 Å². The van der Waals surface area contributed by atoms with Crippen LogP contribution in [0.25, 0.3) is 5.65 Å². The van der Waals surface area contributed by atoms with E-state index in [0.29, 0.717) is 17.0 Å². The number of imidazole rings is 1. The number of anilines is 1. The lowest BCUT2D eigenvalue weighted by atomic mass is 10.2. The summed E-state index contributed by atoms with van der Waals surface area (Å²) in [7, 11) is -3.29. The van der Waals surface area contributed by atoms with E-state index in [4.69, 9.17) is 4.74 Å². The van der Waals surface area contributed by atoms with Crippen LogP contribution in [-0.2, 0) is 16.4 Å². The highest BCUT2D eigenvalue weighted by molar-refractivity contribution is 7.91. The summed E-state index contributed by atoms with van der Waals surface area (Å²) in [6.07, 6.45) is 3.79. The van der Waals surface area contributed by atoms with Crippen LogP contribution < -0.4 is 10.1 Å². The van der Waals surface area contributed by atoms with Crippen molar-refractivity contribution in [3.8, 4) is 5.75 Å². The summed E-state index contributed by atoms with van der Waals surface area (Å²) in [4.78, 5) is 17.5. The molecule has 1 N–H and O–H groups in total. The second-order valence-electron chi connectivity index (χ2n) is 6.87. The maximum absolute atomic E-state index is 12.8. The molecule has 0 unspecified atom stereocenters. The molecule has 0 aliphatic rings. The number of para-hydroxylation sites is 1. The Morgan fingerprint density at radius 2 is 1.77 bits per heavy atom. The van der Waals surface area contributed by atoms with Crippen LogP contribution in [0.1, 0.15) is 23.0 Å². The number of nitrogens with zero attached hydrogens (tertiary/aromatic N) is 2. The Kier molecular flexibility index (Phi) is 5.73. The minimum Gasteiger partial charge on any atom is -0.486 e. The number of benzene rings is 2. The fourth-order valence-electron chi connectivity index (χ4n) is 3.10. The summed E-state index contributed by atoms with van der Waals surface area (Å²) < 4.78 is 31.6. The minimum absolute atomic E-state index is 0.0235. The summed E-state index contributed by atoms with van der Waals surface area (Å²) in [6, 6.07) is 18.8. The van der Waals surface area contributed by atoms with E-state index in [-0.39, 0.29) is 23.2 Å². The molecule has 4 rings (SSSR count). The fraction of sp³-hybridized carbons (Fsp3) is 0.130. The summed E-state index contributed by atoms with van der Waals surface area (Å²) in [5, 5.41) is 2.78. The normalized spacial score (nSPS) is 11.4. The highest BCUT2D eigenvalue weighted by Gasteiger charge is 2.15. The van der Waals surface area contributed by atoms with Gasteiger partial charge in [0.25, 0.3) is 5.91 Å². The monoisotopic (exact) mass is 435 g/mol. The quantitative estimate of drug-likeness (QED) is 0.475. The number of nitrogens with one attached hydrogen (secondary N) is 1. The molecular formula is C23H21N3O4S. The number of pyridine rings is 1. The number of carbonyl (C=O) groups is 1. The van der Waals surface area contributed by atoms with Gasteiger partial charge >= 0.3 is 0 Å². The fourth-order valence-corrected chi connectivity index (χ4v) is 3.98. The number of ether oxygens (including phenoxy) is 1. The van der Waals surface area contributed by atoms with E-state index < -0.39 is 9.84 Å². The zero-order chi connectivity index (χ0) is 21.8. The van der Waals surface area contributed by atoms with E-state index in [1.54, 1.807) is 43.3 Å². The van der Waals surface area contributed by atoms with Crippen molar-refractivity contribution < 1.29 is 17.9 Å². The maximum atomic E-state index is 12.8. The standard InChI is InChI=1S/C23H21N3O4S/c1-2-31(28,29)19-12-10-17(11-13-19)25-23(27)20-7-3-4-8-21(20)30-16-18-15-26-14-6-5-9-22(26)24-18/h3-15H,2,16H2,1H3,(H,25,27). The van der Waals surface area contributed by atoms with Crippen molar-refractivity contribution in [2.45, 2.75) is 18.4 Å². The molecule has 7 nitrogen and oxygen atoms in total. The number of carbonyl (C=O) groups excluding carboxylic acids is 1. The van der Waals surface area contributed by atoms with Crippen LogP contribution in [0.4, 0.5) is 5.69 Å². The van der Waals surface area contributed by atoms with E-state index >= 15 is 0 Å². The third-order valence-corrected chi connectivity index (χ3v) is 6.52. The smallest absolute Gasteiger partial charge is 0.259 e. The molecule has 0 aliphatic heterocycles. The summed E-state index contributed by atoms with van der Waals surface area (Å²) in [5.74, 6) is 0.106. The van der Waals surface area contributed by atoms with Crippen molar-refractivity contribution in [2.75, 3.05) is 11.1 Å². The van der Waals surface area contributed by atoms with Crippen molar-refractivity contribution in [3.63, 3.8) is 0 Å². The first kappa shape index (κ1) is 20.6. The SMILES string of the molecule is CCS(=O)(=O)c1ccc(NC(=O)c2ccccc2OCc2cn3ccccc3n2)cc1. The molecule has 2 heterocycles. The van der Waals surface area contributed by atoms with Crippen molar-refractivity contribution in [1.82, 2.24) is 9.38 Å². The lowest BCUT2D eigenvalue weighted by Gasteiger charge is -2.11. The first-order valence-corrected chi connectivity index (χ1v) is 11.4. The van der Waals surface area contributed by atoms with Crippen molar-refractivity contribution in [2.24, 2.45) is 0 Å². The first-order chi connectivity index (χ1) is 15.0. The molecule has 0 saturated heterocycles. The molecule has 1 amide bonds. The van der Waals surface area contributed by atoms with Gasteiger partial charge in [-0.1, -0.05) is 25.1 Å². The average Bonchev–Trinajstić information content (AvgIpc) is 3.21. The number of rotatable bonds is 7. The molecule has 31 heavy (non-hydrogen) atoms. The zero-order valence-corrected chi connectivity index (χ0v) is 17.7. The highest BCUT2D eigenvalue weighted by Crippen LogP contribution is 2.22. The lowest BCUT2D eigenvalue weighted by molar-refractivity contribution is 0.102. The van der Waals surface area contributed by atoms with E-state index in [0.717, 1.165) is 11.3 Å². The van der Waals surface area contributed by atoms with Gasteiger partial charge in [-0.3, -0.25) is 4.79 Å². The molecule has 8 heteroatoms. The topological polar surface area (TPSA) is 89.8 Å². The molecule has 2 aromatic heterocycles. The largest absolute Gasteiger partial charge is 0.486 e. The number of aromatic nitrogens is 2. The number of hydrogen-bond acceptors (Lipinski definition) is 5. The number of amides is 1. The Morgan fingerprint density at radius 1 is 1.03 bits per heavy atom. The van der Waals surface area contributed by atoms with Crippen LogP contribution >= 0.6 is 0 Å². The highest BCUT2D eigenvalue weighted by atomic mass is 32.2. The van der Waals surface area contributed by atoms with Crippen LogP contribution in [-0.4, -0.2) is 29.5 Å². The summed E-state index contributed by atoms with van der Waals surface area (Å²) in [5.41, 5.74) is 2.43. The molecule has 0 atom stereocenters. The molecule has 0 spiro atoms. The van der Waals surface area contributed by atoms with Crippen LogP contribution in [0.2, 0.25) is 0 Å². The second kappa shape index (κ2) is 8.61. The van der Waals surface area contributed by atoms with E-state index in [2.05, 4.69) is 10.3 Å². The average molecular weight is 436 g/mol. The Bertz CT molecular complexity index is 1300. The predicted octanol–water partition coefficient (Wildman–Crippen LogP) is 3.96. The maximum Gasteiger partial charge on any atom is 0.259 e. The van der Waals surface area contributed by atoms with Gasteiger partial charge in [0.1, 0.15) is 18.0 Å². The number of fused-ring (bicyclic) bond motifs is 1. The zero-order valence-electron chi connectivity index (χ0n) is 16.9. The van der Waals surface area contributed by atoms with Gasteiger partial charge in [-0.2, -0.15) is 0 Å². The second-order valence-corrected chi connectivity index (χ2v) is 9.14. The van der Waals surface area contributed by atoms with Gasteiger partial charge < -0.3 is 14.5 Å². The molecule has 2 aromatic carbocycles. The van der Waals surface area contributed by atoms with Crippen molar-refractivity contribution in [1.29, 1.82) is 0 Å². The summed E-state index contributed by atoms with van der Waals surface area (Å²) >= 11 is 0. The Balaban J connectivity index is 1.48. The Hall–Kier alpha value is -3.65. The van der Waals surface area contributed by atoms with Gasteiger partial charge in [0.05, 0.1) is 21.9 Å². The van der Waals surface area contributed by atoms with Gasteiger partial charge in [0.15, 0.2) is 9.84 Å². The minimum atomic E-state index is -3.29. The van der Waals surface area contributed by atoms with E-state index in [9.17, 15) is 13.2 Å².